The Kier molecular flexibility index (Phi) is 6.65. The number of rotatable bonds is 6. The van der Waals surface area contributed by atoms with Crippen LogP contribution < -0.4 is 10.2 Å². The average Bonchev–Trinajstić information content (AvgIpc) is 3.47. The van der Waals surface area contributed by atoms with Gasteiger partial charge in [-0.3, -0.25) is 14.5 Å². The van der Waals surface area contributed by atoms with Gasteiger partial charge < -0.3 is 5.32 Å². The number of nitrogens with zero attached hydrogens (tertiary/aromatic N) is 3. The lowest BCUT2D eigenvalue weighted by molar-refractivity contribution is -0.123. The Morgan fingerprint density at radius 2 is 1.75 bits per heavy atom. The van der Waals surface area contributed by atoms with Gasteiger partial charge >= 0.3 is 0 Å². The number of hydrogen-bond donors (Lipinski definition) is 1. The summed E-state index contributed by atoms with van der Waals surface area (Å²) in [5, 5.41) is 8.87. The summed E-state index contributed by atoms with van der Waals surface area (Å²) in [5.41, 5.74) is 4.63. The molecular formula is C25H28N4O2S. The van der Waals surface area contributed by atoms with Crippen molar-refractivity contribution in [3.05, 3.63) is 75.8 Å². The van der Waals surface area contributed by atoms with Gasteiger partial charge in [-0.1, -0.05) is 65.4 Å². The van der Waals surface area contributed by atoms with Crippen molar-refractivity contribution in [1.29, 1.82) is 0 Å². The highest BCUT2D eigenvalue weighted by Crippen LogP contribution is 2.35. The number of benzene rings is 2. The maximum Gasteiger partial charge on any atom is 0.280 e. The van der Waals surface area contributed by atoms with Gasteiger partial charge in [0, 0.05) is 11.4 Å². The monoisotopic (exact) mass is 448 g/mol. The smallest absolute Gasteiger partial charge is 0.280 e. The Labute approximate surface area is 192 Å². The van der Waals surface area contributed by atoms with Gasteiger partial charge in [0.15, 0.2) is 5.69 Å². The van der Waals surface area contributed by atoms with Crippen LogP contribution in [0.2, 0.25) is 0 Å². The van der Waals surface area contributed by atoms with Crippen molar-refractivity contribution in [1.82, 2.24) is 14.9 Å². The molecule has 32 heavy (non-hydrogen) atoms. The molecule has 1 aromatic heterocycles. The second kappa shape index (κ2) is 9.61. The van der Waals surface area contributed by atoms with Crippen molar-refractivity contribution in [2.45, 2.75) is 58.5 Å². The lowest BCUT2D eigenvalue weighted by Crippen LogP contribution is -2.47. The van der Waals surface area contributed by atoms with E-state index in [2.05, 4.69) is 14.9 Å². The number of anilines is 1. The molecule has 1 N–H and O–H groups in total. The molecule has 0 spiro atoms. The summed E-state index contributed by atoms with van der Waals surface area (Å²) in [6.45, 7) is 5.92. The normalized spacial score (nSPS) is 14.8. The Hall–Kier alpha value is -3.06. The molecule has 1 aliphatic carbocycles. The van der Waals surface area contributed by atoms with Crippen LogP contribution in [-0.4, -0.2) is 27.4 Å². The van der Waals surface area contributed by atoms with Crippen LogP contribution in [0.1, 0.15) is 64.5 Å². The van der Waals surface area contributed by atoms with E-state index < -0.39 is 6.04 Å². The summed E-state index contributed by atoms with van der Waals surface area (Å²) in [6.07, 6.45) is 4.17. The van der Waals surface area contributed by atoms with Gasteiger partial charge in [-0.15, -0.1) is 5.10 Å². The minimum absolute atomic E-state index is 0.144. The number of carbonyl (C=O) groups is 2. The molecule has 1 fully saturated rings. The second-order valence-corrected chi connectivity index (χ2v) is 9.12. The number of para-hydroxylation sites is 1. The Morgan fingerprint density at radius 3 is 2.38 bits per heavy atom. The average molecular weight is 449 g/mol. The number of carbonyl (C=O) groups excluding carboxylic acids is 2. The number of hydrogen-bond acceptors (Lipinski definition) is 5. The van der Waals surface area contributed by atoms with Gasteiger partial charge in [0.1, 0.15) is 6.04 Å². The Bertz CT molecular complexity index is 1090. The Morgan fingerprint density at radius 1 is 1.06 bits per heavy atom. The van der Waals surface area contributed by atoms with Crippen LogP contribution >= 0.6 is 11.5 Å². The summed E-state index contributed by atoms with van der Waals surface area (Å²) < 4.78 is 3.88. The lowest BCUT2D eigenvalue weighted by atomic mass is 9.98. The first-order valence-corrected chi connectivity index (χ1v) is 11.8. The first-order valence-electron chi connectivity index (χ1n) is 11.0. The maximum absolute atomic E-state index is 13.8. The van der Waals surface area contributed by atoms with E-state index >= 15 is 0 Å². The molecule has 166 valence electrons. The molecule has 7 heteroatoms. The van der Waals surface area contributed by atoms with Crippen LogP contribution in [0.3, 0.4) is 0 Å². The minimum Gasteiger partial charge on any atom is -0.351 e. The fourth-order valence-electron chi connectivity index (χ4n) is 4.52. The van der Waals surface area contributed by atoms with Crippen LogP contribution in [0.4, 0.5) is 5.69 Å². The van der Waals surface area contributed by atoms with Crippen molar-refractivity contribution in [2.75, 3.05) is 4.90 Å². The largest absolute Gasteiger partial charge is 0.351 e. The van der Waals surface area contributed by atoms with Crippen molar-refractivity contribution in [2.24, 2.45) is 0 Å². The molecule has 1 unspecified atom stereocenters. The number of amides is 2. The zero-order chi connectivity index (χ0) is 22.7. The molecule has 1 saturated carbocycles. The summed E-state index contributed by atoms with van der Waals surface area (Å²) in [6, 6.07) is 13.0. The van der Waals surface area contributed by atoms with E-state index in [9.17, 15) is 9.59 Å². The maximum atomic E-state index is 13.8. The highest BCUT2D eigenvalue weighted by molar-refractivity contribution is 7.03. The van der Waals surface area contributed by atoms with E-state index in [1.54, 1.807) is 10.3 Å². The first-order chi connectivity index (χ1) is 15.5. The van der Waals surface area contributed by atoms with Gasteiger partial charge in [0.05, 0.1) is 5.69 Å². The molecule has 1 heterocycles. The van der Waals surface area contributed by atoms with Crippen LogP contribution in [0.25, 0.3) is 0 Å². The summed E-state index contributed by atoms with van der Waals surface area (Å²) in [4.78, 5) is 29.2. The van der Waals surface area contributed by atoms with Crippen LogP contribution in [0.5, 0.6) is 0 Å². The van der Waals surface area contributed by atoms with E-state index in [0.29, 0.717) is 0 Å². The zero-order valence-corrected chi connectivity index (χ0v) is 19.5. The van der Waals surface area contributed by atoms with E-state index in [1.165, 1.54) is 0 Å². The second-order valence-electron chi connectivity index (χ2n) is 8.51. The Balaban J connectivity index is 1.87. The molecule has 0 bridgehead atoms. The van der Waals surface area contributed by atoms with E-state index in [-0.39, 0.29) is 23.6 Å². The van der Waals surface area contributed by atoms with Crippen molar-refractivity contribution >= 4 is 29.0 Å². The van der Waals surface area contributed by atoms with E-state index in [1.807, 2.05) is 63.2 Å². The third-order valence-electron chi connectivity index (χ3n) is 6.04. The molecule has 0 saturated heterocycles. The highest BCUT2D eigenvalue weighted by atomic mass is 32.1. The van der Waals surface area contributed by atoms with Crippen LogP contribution in [0, 0.1) is 20.8 Å². The SMILES string of the molecule is Cc1cccc(C(C(=O)NC2CCCC2)N(C(=O)c2csnn2)c2c(C)cccc2C)c1. The fraction of sp³-hybridized carbons (Fsp3) is 0.360. The predicted octanol–water partition coefficient (Wildman–Crippen LogP) is 4.91. The van der Waals surface area contributed by atoms with Gasteiger partial charge in [-0.05, 0) is 61.8 Å². The van der Waals surface area contributed by atoms with Crippen molar-refractivity contribution in [3.63, 3.8) is 0 Å². The van der Waals surface area contributed by atoms with Gasteiger partial charge in [0.2, 0.25) is 5.91 Å². The summed E-state index contributed by atoms with van der Waals surface area (Å²) in [5.74, 6) is -0.495. The quantitative estimate of drug-likeness (QED) is 0.581. The molecular weight excluding hydrogens is 420 g/mol. The third kappa shape index (κ3) is 4.58. The molecule has 1 aliphatic rings. The minimum atomic E-state index is -0.815. The standard InChI is InChI=1S/C25H28N4O2S/c1-16-8-6-11-19(14-16)23(24(30)26-20-12-4-5-13-20)29(25(31)21-15-32-28-27-21)22-17(2)9-7-10-18(22)3/h6-11,14-15,20,23H,4-5,12-13H2,1-3H3,(H,26,30). The summed E-state index contributed by atoms with van der Waals surface area (Å²) in [7, 11) is 0. The molecule has 4 rings (SSSR count). The topological polar surface area (TPSA) is 75.2 Å². The van der Waals surface area contributed by atoms with Crippen molar-refractivity contribution in [3.8, 4) is 0 Å². The zero-order valence-electron chi connectivity index (χ0n) is 18.7. The first kappa shape index (κ1) is 22.1. The fourth-order valence-corrected chi connectivity index (χ4v) is 4.95. The molecule has 3 aromatic rings. The number of aromatic nitrogens is 2. The molecule has 6 nitrogen and oxygen atoms in total. The van der Waals surface area contributed by atoms with Gasteiger partial charge in [-0.2, -0.15) is 0 Å². The highest BCUT2D eigenvalue weighted by Gasteiger charge is 2.37. The van der Waals surface area contributed by atoms with E-state index in [0.717, 1.165) is 65.2 Å². The molecule has 0 radical (unpaired) electrons. The summed E-state index contributed by atoms with van der Waals surface area (Å²) >= 11 is 1.12. The lowest BCUT2D eigenvalue weighted by Gasteiger charge is -2.34. The molecule has 0 aliphatic heterocycles. The van der Waals surface area contributed by atoms with Crippen LogP contribution in [-0.2, 0) is 4.79 Å². The predicted molar refractivity (Wildman–Crippen MR) is 127 cm³/mol. The van der Waals surface area contributed by atoms with Gasteiger partial charge in [0.25, 0.3) is 5.91 Å². The van der Waals surface area contributed by atoms with Crippen molar-refractivity contribution < 1.29 is 9.59 Å². The number of nitrogens with one attached hydrogen (secondary N) is 1. The third-order valence-corrected chi connectivity index (χ3v) is 6.55. The molecule has 1 atom stereocenters. The number of aryl methyl sites for hydroxylation is 3. The molecule has 2 amide bonds. The van der Waals surface area contributed by atoms with Crippen LogP contribution in [0.15, 0.2) is 47.8 Å². The molecule has 2 aromatic carbocycles. The van der Waals surface area contributed by atoms with Gasteiger partial charge in [-0.25, -0.2) is 0 Å². The van der Waals surface area contributed by atoms with E-state index in [4.69, 9.17) is 0 Å².